The lowest BCUT2D eigenvalue weighted by atomic mass is 10.1. The van der Waals surface area contributed by atoms with E-state index in [-0.39, 0.29) is 5.91 Å². The number of amides is 1. The van der Waals surface area contributed by atoms with Crippen molar-refractivity contribution in [3.05, 3.63) is 39.4 Å². The SMILES string of the molecule is CN(C)C(=O)c1cc(CN2CCc3c(sc4ncnc(Cl)c34)C2)on1. The molecule has 0 fully saturated rings. The molecule has 9 heteroatoms. The lowest BCUT2D eigenvalue weighted by molar-refractivity contribution is 0.0817. The van der Waals surface area contributed by atoms with Crippen LogP contribution in [-0.2, 0) is 19.5 Å². The fraction of sp³-hybridized carbons (Fsp3) is 0.375. The average molecular weight is 378 g/mol. The normalized spacial score (nSPS) is 14.7. The van der Waals surface area contributed by atoms with E-state index >= 15 is 0 Å². The van der Waals surface area contributed by atoms with Gasteiger partial charge in [0.05, 0.1) is 11.9 Å². The molecule has 0 aromatic carbocycles. The van der Waals surface area contributed by atoms with E-state index in [1.165, 1.54) is 21.7 Å². The van der Waals surface area contributed by atoms with Crippen molar-refractivity contribution < 1.29 is 9.32 Å². The second-order valence-electron chi connectivity index (χ2n) is 6.19. The lowest BCUT2D eigenvalue weighted by Gasteiger charge is -2.25. The maximum absolute atomic E-state index is 11.9. The maximum atomic E-state index is 11.9. The van der Waals surface area contributed by atoms with Crippen LogP contribution < -0.4 is 0 Å². The van der Waals surface area contributed by atoms with Crippen molar-refractivity contribution in [3.8, 4) is 0 Å². The second-order valence-corrected chi connectivity index (χ2v) is 7.63. The van der Waals surface area contributed by atoms with Gasteiger partial charge in [-0.3, -0.25) is 9.69 Å². The van der Waals surface area contributed by atoms with E-state index in [0.29, 0.717) is 23.2 Å². The first kappa shape index (κ1) is 16.4. The molecule has 3 aromatic rings. The third-order valence-electron chi connectivity index (χ3n) is 4.23. The fourth-order valence-electron chi connectivity index (χ4n) is 3.01. The van der Waals surface area contributed by atoms with Gasteiger partial charge in [0.1, 0.15) is 16.3 Å². The first-order valence-corrected chi connectivity index (χ1v) is 9.02. The van der Waals surface area contributed by atoms with Crippen LogP contribution in [0.25, 0.3) is 10.2 Å². The molecule has 0 bridgehead atoms. The van der Waals surface area contributed by atoms with E-state index in [1.807, 2.05) is 0 Å². The van der Waals surface area contributed by atoms with Crippen LogP contribution in [0.15, 0.2) is 16.9 Å². The third kappa shape index (κ3) is 3.01. The average Bonchev–Trinajstić information content (AvgIpc) is 3.18. The number of hydrogen-bond acceptors (Lipinski definition) is 7. The summed E-state index contributed by atoms with van der Waals surface area (Å²) < 4.78 is 5.33. The van der Waals surface area contributed by atoms with E-state index in [0.717, 1.165) is 29.7 Å². The monoisotopic (exact) mass is 377 g/mol. The van der Waals surface area contributed by atoms with E-state index in [1.54, 1.807) is 31.5 Å². The Morgan fingerprint density at radius 3 is 3.08 bits per heavy atom. The Bertz CT molecular complexity index is 951. The molecule has 1 aliphatic heterocycles. The molecular formula is C16H16ClN5O2S. The summed E-state index contributed by atoms with van der Waals surface area (Å²) in [6.07, 6.45) is 2.39. The standard InChI is InChI=1S/C16H16ClN5O2S/c1-21(2)16(23)11-5-9(24-20-11)6-22-4-3-10-12(7-22)25-15-13(10)14(17)18-8-19-15/h5,8H,3-4,6-7H2,1-2H3. The van der Waals surface area contributed by atoms with Crippen molar-refractivity contribution in [1.82, 2.24) is 24.9 Å². The van der Waals surface area contributed by atoms with Gasteiger partial charge in [0.15, 0.2) is 11.5 Å². The Balaban J connectivity index is 1.53. The molecule has 1 aliphatic rings. The van der Waals surface area contributed by atoms with Crippen LogP contribution in [0, 0.1) is 0 Å². The summed E-state index contributed by atoms with van der Waals surface area (Å²) in [7, 11) is 3.39. The third-order valence-corrected chi connectivity index (χ3v) is 5.64. The van der Waals surface area contributed by atoms with Crippen LogP contribution in [0.3, 0.4) is 0 Å². The molecule has 0 aliphatic carbocycles. The minimum absolute atomic E-state index is 0.159. The van der Waals surface area contributed by atoms with E-state index in [9.17, 15) is 4.79 Å². The van der Waals surface area contributed by atoms with E-state index in [4.69, 9.17) is 16.1 Å². The van der Waals surface area contributed by atoms with Crippen molar-refractivity contribution in [2.45, 2.75) is 19.5 Å². The van der Waals surface area contributed by atoms with Crippen LogP contribution in [0.1, 0.15) is 26.7 Å². The van der Waals surface area contributed by atoms with Crippen LogP contribution in [-0.4, -0.2) is 51.5 Å². The summed E-state index contributed by atoms with van der Waals surface area (Å²) in [5.41, 5.74) is 1.59. The van der Waals surface area contributed by atoms with Gasteiger partial charge in [-0.25, -0.2) is 9.97 Å². The molecular weight excluding hydrogens is 362 g/mol. The molecule has 1 amide bonds. The number of hydrogen-bond donors (Lipinski definition) is 0. The van der Waals surface area contributed by atoms with Gasteiger partial charge < -0.3 is 9.42 Å². The molecule has 7 nitrogen and oxygen atoms in total. The van der Waals surface area contributed by atoms with Crippen LogP contribution in [0.5, 0.6) is 0 Å². The molecule has 130 valence electrons. The highest BCUT2D eigenvalue weighted by Gasteiger charge is 2.24. The first-order chi connectivity index (χ1) is 12.0. The zero-order valence-electron chi connectivity index (χ0n) is 13.8. The van der Waals surface area contributed by atoms with Gasteiger partial charge in [-0.2, -0.15) is 0 Å². The Hall–Kier alpha value is -2.03. The maximum Gasteiger partial charge on any atom is 0.275 e. The van der Waals surface area contributed by atoms with Crippen molar-refractivity contribution in [1.29, 1.82) is 0 Å². The highest BCUT2D eigenvalue weighted by atomic mass is 35.5. The summed E-state index contributed by atoms with van der Waals surface area (Å²) in [5.74, 6) is 0.529. The van der Waals surface area contributed by atoms with Gasteiger partial charge in [-0.1, -0.05) is 16.8 Å². The van der Waals surface area contributed by atoms with Crippen molar-refractivity contribution >= 4 is 39.1 Å². The lowest BCUT2D eigenvalue weighted by Crippen LogP contribution is -2.29. The topological polar surface area (TPSA) is 75.4 Å². The number of halogens is 1. The smallest absolute Gasteiger partial charge is 0.275 e. The molecule has 0 radical (unpaired) electrons. The number of thiophene rings is 1. The Labute approximate surface area is 153 Å². The molecule has 0 saturated carbocycles. The zero-order chi connectivity index (χ0) is 17.6. The number of carbonyl (C=O) groups is 1. The minimum Gasteiger partial charge on any atom is -0.359 e. The van der Waals surface area contributed by atoms with Crippen molar-refractivity contribution in [2.24, 2.45) is 0 Å². The highest BCUT2D eigenvalue weighted by molar-refractivity contribution is 7.19. The summed E-state index contributed by atoms with van der Waals surface area (Å²) >= 11 is 7.90. The second kappa shape index (κ2) is 6.36. The minimum atomic E-state index is -0.159. The van der Waals surface area contributed by atoms with Gasteiger partial charge in [0.2, 0.25) is 0 Å². The summed E-state index contributed by atoms with van der Waals surface area (Å²) in [4.78, 5) is 26.3. The van der Waals surface area contributed by atoms with Crippen LogP contribution >= 0.6 is 22.9 Å². The predicted octanol–water partition coefficient (Wildman–Crippen LogP) is 2.59. The summed E-state index contributed by atoms with van der Waals surface area (Å²) in [5, 5.41) is 5.38. The number of carbonyl (C=O) groups excluding carboxylic acids is 1. The number of fused-ring (bicyclic) bond motifs is 3. The molecule has 4 rings (SSSR count). The van der Waals surface area contributed by atoms with Crippen molar-refractivity contribution in [2.75, 3.05) is 20.6 Å². The van der Waals surface area contributed by atoms with E-state index < -0.39 is 0 Å². The summed E-state index contributed by atoms with van der Waals surface area (Å²) in [6, 6.07) is 1.71. The van der Waals surface area contributed by atoms with Crippen LogP contribution in [0.2, 0.25) is 5.15 Å². The molecule has 4 heterocycles. The van der Waals surface area contributed by atoms with Gasteiger partial charge in [0.25, 0.3) is 5.91 Å². The Morgan fingerprint density at radius 2 is 2.28 bits per heavy atom. The molecule has 0 unspecified atom stereocenters. The number of aromatic nitrogens is 3. The van der Waals surface area contributed by atoms with Crippen LogP contribution in [0.4, 0.5) is 0 Å². The zero-order valence-corrected chi connectivity index (χ0v) is 15.4. The number of nitrogens with zero attached hydrogens (tertiary/aromatic N) is 5. The molecule has 25 heavy (non-hydrogen) atoms. The summed E-state index contributed by atoms with van der Waals surface area (Å²) in [6.45, 7) is 2.28. The van der Waals surface area contributed by atoms with Gasteiger partial charge in [-0.15, -0.1) is 11.3 Å². The number of rotatable bonds is 3. The van der Waals surface area contributed by atoms with Gasteiger partial charge in [0, 0.05) is 38.1 Å². The predicted molar refractivity (Wildman–Crippen MR) is 94.8 cm³/mol. The Kier molecular flexibility index (Phi) is 4.18. The molecule has 0 saturated heterocycles. The molecule has 0 atom stereocenters. The molecule has 0 spiro atoms. The fourth-order valence-corrected chi connectivity index (χ4v) is 4.55. The molecule has 3 aromatic heterocycles. The van der Waals surface area contributed by atoms with E-state index in [2.05, 4.69) is 20.0 Å². The van der Waals surface area contributed by atoms with Crippen molar-refractivity contribution in [3.63, 3.8) is 0 Å². The quantitative estimate of drug-likeness (QED) is 0.653. The van der Waals surface area contributed by atoms with Gasteiger partial charge >= 0.3 is 0 Å². The first-order valence-electron chi connectivity index (χ1n) is 7.83. The Morgan fingerprint density at radius 1 is 1.44 bits per heavy atom. The molecule has 0 N–H and O–H groups in total. The highest BCUT2D eigenvalue weighted by Crippen LogP contribution is 2.37. The largest absolute Gasteiger partial charge is 0.359 e. The van der Waals surface area contributed by atoms with Gasteiger partial charge in [-0.05, 0) is 12.0 Å².